The second-order valence-electron chi connectivity index (χ2n) is 7.19. The van der Waals surface area contributed by atoms with Gasteiger partial charge in [0.05, 0.1) is 17.6 Å². The fourth-order valence-electron chi connectivity index (χ4n) is 3.61. The van der Waals surface area contributed by atoms with Gasteiger partial charge in [0.2, 0.25) is 10.0 Å². The summed E-state index contributed by atoms with van der Waals surface area (Å²) in [6, 6.07) is 8.40. The molecule has 1 N–H and O–H groups in total. The van der Waals surface area contributed by atoms with E-state index in [4.69, 9.17) is 9.47 Å². The first-order chi connectivity index (χ1) is 13.8. The molecule has 1 saturated heterocycles. The normalized spacial score (nSPS) is 17.0. The van der Waals surface area contributed by atoms with Crippen molar-refractivity contribution < 1.29 is 22.7 Å². The van der Waals surface area contributed by atoms with Crippen LogP contribution in [0.5, 0.6) is 0 Å². The number of nitrogens with one attached hydrogen (secondary N) is 1. The van der Waals surface area contributed by atoms with Crippen LogP contribution < -0.4 is 0 Å². The lowest BCUT2D eigenvalue weighted by Crippen LogP contribution is -2.37. The molecule has 1 aliphatic heterocycles. The smallest absolute Gasteiger partial charge is 0.355 e. The number of aryl methyl sites for hydroxylation is 1. The van der Waals surface area contributed by atoms with Crippen LogP contribution in [-0.2, 0) is 26.0 Å². The summed E-state index contributed by atoms with van der Waals surface area (Å²) in [5, 5.41) is 0. The van der Waals surface area contributed by atoms with Crippen LogP contribution in [0.3, 0.4) is 0 Å². The first kappa shape index (κ1) is 21.5. The summed E-state index contributed by atoms with van der Waals surface area (Å²) < 4.78 is 39.0. The molecule has 1 atom stereocenters. The van der Waals surface area contributed by atoms with Crippen LogP contribution in [0.15, 0.2) is 35.2 Å². The quantitative estimate of drug-likeness (QED) is 0.663. The Bertz CT molecular complexity index is 947. The topological polar surface area (TPSA) is 88.7 Å². The monoisotopic (exact) mass is 420 g/mol. The average Bonchev–Trinajstić information content (AvgIpc) is 3.31. The summed E-state index contributed by atoms with van der Waals surface area (Å²) in [5.74, 6) is -0.434. The molecule has 0 radical (unpaired) electrons. The van der Waals surface area contributed by atoms with Crippen molar-refractivity contribution in [1.82, 2.24) is 9.29 Å². The molecule has 0 unspecified atom stereocenters. The molecule has 0 saturated carbocycles. The van der Waals surface area contributed by atoms with Gasteiger partial charge < -0.3 is 14.5 Å². The minimum Gasteiger partial charge on any atom is -0.461 e. The minimum atomic E-state index is -3.72. The van der Waals surface area contributed by atoms with Crippen LogP contribution in [0.25, 0.3) is 0 Å². The van der Waals surface area contributed by atoms with Gasteiger partial charge in [0.15, 0.2) is 0 Å². The van der Waals surface area contributed by atoms with E-state index in [0.717, 1.165) is 24.1 Å². The predicted molar refractivity (Wildman–Crippen MR) is 109 cm³/mol. The van der Waals surface area contributed by atoms with Crippen LogP contribution >= 0.6 is 0 Å². The number of hydrogen-bond acceptors (Lipinski definition) is 5. The first-order valence-corrected chi connectivity index (χ1v) is 11.3. The zero-order valence-electron chi connectivity index (χ0n) is 17.1. The van der Waals surface area contributed by atoms with E-state index in [9.17, 15) is 13.2 Å². The minimum absolute atomic E-state index is 0.127. The lowest BCUT2D eigenvalue weighted by molar-refractivity contribution is 0.0519. The van der Waals surface area contributed by atoms with Crippen molar-refractivity contribution in [2.24, 2.45) is 0 Å². The summed E-state index contributed by atoms with van der Waals surface area (Å²) in [6.45, 7) is 6.76. The van der Waals surface area contributed by atoms with Gasteiger partial charge in [-0.2, -0.15) is 4.31 Å². The lowest BCUT2D eigenvalue weighted by atomic mass is 10.1. The molecule has 0 bridgehead atoms. The van der Waals surface area contributed by atoms with E-state index in [-0.39, 0.29) is 30.7 Å². The molecule has 1 aromatic heterocycles. The number of sulfonamides is 1. The number of aromatic nitrogens is 1. The van der Waals surface area contributed by atoms with Crippen LogP contribution in [0.4, 0.5) is 0 Å². The van der Waals surface area contributed by atoms with Crippen molar-refractivity contribution in [3.8, 4) is 0 Å². The van der Waals surface area contributed by atoms with Crippen LogP contribution in [-0.4, -0.2) is 49.5 Å². The molecule has 2 aromatic rings. The van der Waals surface area contributed by atoms with Gasteiger partial charge in [-0.25, -0.2) is 13.2 Å². The van der Waals surface area contributed by atoms with Crippen molar-refractivity contribution in [3.63, 3.8) is 0 Å². The van der Waals surface area contributed by atoms with Gasteiger partial charge in [-0.1, -0.05) is 18.2 Å². The molecule has 1 fully saturated rings. The SMILES string of the molecule is CCOC(=O)c1[nH]c(C)c(CN(C[C@H]2CCCO2)S(=O)(=O)c2ccccc2)c1C. The van der Waals surface area contributed by atoms with Gasteiger partial charge in [0.1, 0.15) is 5.69 Å². The number of rotatable bonds is 8. The van der Waals surface area contributed by atoms with E-state index in [1.165, 1.54) is 4.31 Å². The zero-order chi connectivity index (χ0) is 21.0. The molecule has 158 valence electrons. The highest BCUT2D eigenvalue weighted by Crippen LogP contribution is 2.26. The molecule has 1 aliphatic rings. The Morgan fingerprint density at radius 1 is 1.28 bits per heavy atom. The molecule has 3 rings (SSSR count). The summed E-state index contributed by atoms with van der Waals surface area (Å²) in [5.41, 5.74) is 2.62. The Hall–Kier alpha value is -2.16. The number of hydrogen-bond donors (Lipinski definition) is 1. The predicted octanol–water partition coefficient (Wildman–Crippen LogP) is 3.18. The highest BCUT2D eigenvalue weighted by Gasteiger charge is 2.31. The second kappa shape index (κ2) is 9.11. The number of ether oxygens (including phenoxy) is 2. The molecular formula is C21H28N2O5S. The van der Waals surface area contributed by atoms with Crippen molar-refractivity contribution in [1.29, 1.82) is 0 Å². The Morgan fingerprint density at radius 3 is 2.62 bits per heavy atom. The summed E-state index contributed by atoms with van der Waals surface area (Å²) in [4.78, 5) is 15.5. The van der Waals surface area contributed by atoms with Crippen LogP contribution in [0.1, 0.15) is 47.1 Å². The van der Waals surface area contributed by atoms with Crippen LogP contribution in [0, 0.1) is 13.8 Å². The fourth-order valence-corrected chi connectivity index (χ4v) is 5.08. The standard InChI is InChI=1S/C21H28N2O5S/c1-4-27-21(24)20-15(2)19(16(3)22-20)14-23(13-17-9-8-12-28-17)29(25,26)18-10-6-5-7-11-18/h5-7,10-11,17,22H,4,8-9,12-14H2,1-3H3/t17-/m1/s1. The third-order valence-corrected chi connectivity index (χ3v) is 7.04. The van der Waals surface area contributed by atoms with Crippen molar-refractivity contribution >= 4 is 16.0 Å². The van der Waals surface area contributed by atoms with E-state index in [1.54, 1.807) is 37.3 Å². The van der Waals surface area contributed by atoms with Crippen molar-refractivity contribution in [2.75, 3.05) is 19.8 Å². The number of aromatic amines is 1. The van der Waals surface area contributed by atoms with Gasteiger partial charge >= 0.3 is 5.97 Å². The van der Waals surface area contributed by atoms with E-state index in [2.05, 4.69) is 4.98 Å². The number of carbonyl (C=O) groups is 1. The van der Waals surface area contributed by atoms with Gasteiger partial charge in [0.25, 0.3) is 0 Å². The van der Waals surface area contributed by atoms with Crippen LogP contribution in [0.2, 0.25) is 0 Å². The maximum absolute atomic E-state index is 13.4. The molecule has 2 heterocycles. The first-order valence-electron chi connectivity index (χ1n) is 9.86. The summed E-state index contributed by atoms with van der Waals surface area (Å²) >= 11 is 0. The summed E-state index contributed by atoms with van der Waals surface area (Å²) in [7, 11) is -3.72. The maximum atomic E-state index is 13.4. The lowest BCUT2D eigenvalue weighted by Gasteiger charge is -2.25. The van der Waals surface area contributed by atoms with Crippen molar-refractivity contribution in [2.45, 2.75) is 51.2 Å². The van der Waals surface area contributed by atoms with Gasteiger partial charge in [-0.15, -0.1) is 0 Å². The molecule has 0 spiro atoms. The summed E-state index contributed by atoms with van der Waals surface area (Å²) in [6.07, 6.45) is 1.64. The molecule has 0 aliphatic carbocycles. The number of benzene rings is 1. The second-order valence-corrected chi connectivity index (χ2v) is 9.13. The fraction of sp³-hybridized carbons (Fsp3) is 0.476. The largest absolute Gasteiger partial charge is 0.461 e. The molecule has 0 amide bonds. The maximum Gasteiger partial charge on any atom is 0.355 e. The molecular weight excluding hydrogens is 392 g/mol. The Morgan fingerprint density at radius 2 is 2.00 bits per heavy atom. The highest BCUT2D eigenvalue weighted by molar-refractivity contribution is 7.89. The Kier molecular flexibility index (Phi) is 6.77. The van der Waals surface area contributed by atoms with Crippen molar-refractivity contribution in [3.05, 3.63) is 52.8 Å². The highest BCUT2D eigenvalue weighted by atomic mass is 32.2. The molecule has 8 heteroatoms. The number of nitrogens with zero attached hydrogens (tertiary/aromatic N) is 1. The van der Waals surface area contributed by atoms with E-state index < -0.39 is 16.0 Å². The van der Waals surface area contributed by atoms with Gasteiger partial charge in [-0.3, -0.25) is 0 Å². The van der Waals surface area contributed by atoms with E-state index in [0.29, 0.717) is 17.9 Å². The molecule has 29 heavy (non-hydrogen) atoms. The molecule has 1 aromatic carbocycles. The molecule has 7 nitrogen and oxygen atoms in total. The average molecular weight is 421 g/mol. The van der Waals surface area contributed by atoms with Gasteiger partial charge in [0, 0.05) is 25.4 Å². The third-order valence-electron chi connectivity index (χ3n) is 5.22. The third kappa shape index (κ3) is 4.71. The number of esters is 1. The number of H-pyrrole nitrogens is 1. The Labute approximate surface area is 172 Å². The van der Waals surface area contributed by atoms with E-state index in [1.807, 2.05) is 13.8 Å². The number of carbonyl (C=O) groups excluding carboxylic acids is 1. The Balaban J connectivity index is 1.94. The zero-order valence-corrected chi connectivity index (χ0v) is 17.9. The van der Waals surface area contributed by atoms with Gasteiger partial charge in [-0.05, 0) is 56.9 Å². The van der Waals surface area contributed by atoms with E-state index >= 15 is 0 Å².